The predicted octanol–water partition coefficient (Wildman–Crippen LogP) is 2.96. The summed E-state index contributed by atoms with van der Waals surface area (Å²) in [4.78, 5) is 1.18. The fraction of sp³-hybridized carbons (Fsp3) is 0.538. The highest BCUT2D eigenvalue weighted by molar-refractivity contribution is 7.98. The molecule has 2 rings (SSSR count). The van der Waals surface area contributed by atoms with Crippen molar-refractivity contribution in [1.82, 2.24) is 0 Å². The quantitative estimate of drug-likeness (QED) is 0.818. The number of aryl methyl sites for hydroxylation is 1. The largest absolute Gasteiger partial charge is 0.496 e. The number of methoxy groups -OCH3 is 1. The Balaban J connectivity index is 2.51. The standard InChI is InChI=1S/C13H18O2S/c1-4-9-7-12(16-3)10(8-11(9)15-2)13(14)5-6-13/h7-8,14H,4-6H2,1-3H3. The van der Waals surface area contributed by atoms with Crippen molar-refractivity contribution in [2.75, 3.05) is 13.4 Å². The Hall–Kier alpha value is -0.670. The summed E-state index contributed by atoms with van der Waals surface area (Å²) in [6.45, 7) is 2.12. The number of thioether (sulfide) groups is 1. The summed E-state index contributed by atoms with van der Waals surface area (Å²) in [7, 11) is 1.69. The van der Waals surface area contributed by atoms with E-state index in [1.807, 2.05) is 6.07 Å². The number of rotatable bonds is 4. The molecule has 0 spiro atoms. The summed E-state index contributed by atoms with van der Waals surface area (Å²) < 4.78 is 5.38. The van der Waals surface area contributed by atoms with Crippen LogP contribution in [0.3, 0.4) is 0 Å². The molecule has 0 atom stereocenters. The average molecular weight is 238 g/mol. The van der Waals surface area contributed by atoms with Gasteiger partial charge in [0, 0.05) is 10.5 Å². The van der Waals surface area contributed by atoms with E-state index in [9.17, 15) is 5.11 Å². The highest BCUT2D eigenvalue weighted by Crippen LogP contribution is 2.49. The molecular weight excluding hydrogens is 220 g/mol. The van der Waals surface area contributed by atoms with Gasteiger partial charge in [-0.15, -0.1) is 11.8 Å². The van der Waals surface area contributed by atoms with E-state index >= 15 is 0 Å². The van der Waals surface area contributed by atoms with Gasteiger partial charge in [-0.1, -0.05) is 6.92 Å². The number of ether oxygens (including phenoxy) is 1. The van der Waals surface area contributed by atoms with Crippen LogP contribution >= 0.6 is 11.8 Å². The van der Waals surface area contributed by atoms with E-state index in [1.165, 1.54) is 10.5 Å². The Bertz CT molecular complexity index is 397. The first-order valence-corrected chi connectivity index (χ1v) is 6.85. The van der Waals surface area contributed by atoms with Gasteiger partial charge in [-0.25, -0.2) is 0 Å². The lowest BCUT2D eigenvalue weighted by atomic mass is 10.0. The highest BCUT2D eigenvalue weighted by atomic mass is 32.2. The SMILES string of the molecule is CCc1cc(SC)c(C2(O)CC2)cc1OC. The normalized spacial score (nSPS) is 17.2. The van der Waals surface area contributed by atoms with Crippen LogP contribution in [-0.4, -0.2) is 18.5 Å². The first kappa shape index (κ1) is 11.8. The summed E-state index contributed by atoms with van der Waals surface area (Å²) in [5, 5.41) is 10.2. The third kappa shape index (κ3) is 1.94. The molecule has 0 aromatic heterocycles. The molecule has 2 nitrogen and oxygen atoms in total. The van der Waals surface area contributed by atoms with Crippen LogP contribution in [0.5, 0.6) is 5.75 Å². The summed E-state index contributed by atoms with van der Waals surface area (Å²) in [6.07, 6.45) is 4.75. The number of aliphatic hydroxyl groups is 1. The third-order valence-electron chi connectivity index (χ3n) is 3.21. The minimum Gasteiger partial charge on any atom is -0.496 e. The first-order valence-electron chi connectivity index (χ1n) is 5.62. The molecule has 3 heteroatoms. The molecule has 0 unspecified atom stereocenters. The van der Waals surface area contributed by atoms with Gasteiger partial charge in [-0.3, -0.25) is 0 Å². The molecule has 1 aliphatic rings. The van der Waals surface area contributed by atoms with Crippen molar-refractivity contribution in [3.63, 3.8) is 0 Å². The number of benzene rings is 1. The minimum absolute atomic E-state index is 0.585. The van der Waals surface area contributed by atoms with Gasteiger partial charge >= 0.3 is 0 Å². The second kappa shape index (κ2) is 4.30. The van der Waals surface area contributed by atoms with Crippen molar-refractivity contribution >= 4 is 11.8 Å². The van der Waals surface area contributed by atoms with Crippen LogP contribution in [0.15, 0.2) is 17.0 Å². The monoisotopic (exact) mass is 238 g/mol. The van der Waals surface area contributed by atoms with E-state index in [0.29, 0.717) is 0 Å². The second-order valence-electron chi connectivity index (χ2n) is 4.25. The molecule has 0 aliphatic heterocycles. The molecule has 1 fully saturated rings. The molecule has 1 aromatic carbocycles. The first-order chi connectivity index (χ1) is 7.64. The molecule has 88 valence electrons. The highest BCUT2D eigenvalue weighted by Gasteiger charge is 2.44. The number of hydrogen-bond acceptors (Lipinski definition) is 3. The Morgan fingerprint density at radius 1 is 1.44 bits per heavy atom. The summed E-state index contributed by atoms with van der Waals surface area (Å²) >= 11 is 1.70. The molecule has 16 heavy (non-hydrogen) atoms. The number of hydrogen-bond donors (Lipinski definition) is 1. The van der Waals surface area contributed by atoms with Crippen LogP contribution in [0.2, 0.25) is 0 Å². The molecule has 1 saturated carbocycles. The van der Waals surface area contributed by atoms with E-state index in [-0.39, 0.29) is 0 Å². The molecule has 0 amide bonds. The predicted molar refractivity (Wildman–Crippen MR) is 67.3 cm³/mol. The van der Waals surface area contributed by atoms with E-state index in [4.69, 9.17) is 4.74 Å². The fourth-order valence-electron chi connectivity index (χ4n) is 1.99. The smallest absolute Gasteiger partial charge is 0.122 e. The topological polar surface area (TPSA) is 29.5 Å². The third-order valence-corrected chi connectivity index (χ3v) is 3.99. The summed E-state index contributed by atoms with van der Waals surface area (Å²) in [5.74, 6) is 0.899. The van der Waals surface area contributed by atoms with Crippen LogP contribution in [-0.2, 0) is 12.0 Å². The Labute approximate surface area is 101 Å². The lowest BCUT2D eigenvalue weighted by Crippen LogP contribution is -2.07. The summed E-state index contributed by atoms with van der Waals surface area (Å²) in [6, 6.07) is 4.16. The van der Waals surface area contributed by atoms with Gasteiger partial charge in [0.1, 0.15) is 5.75 Å². The van der Waals surface area contributed by atoms with Crippen LogP contribution < -0.4 is 4.74 Å². The Kier molecular flexibility index (Phi) is 3.17. The average Bonchev–Trinajstić information content (AvgIpc) is 3.06. The van der Waals surface area contributed by atoms with Gasteiger partial charge in [-0.2, -0.15) is 0 Å². The van der Waals surface area contributed by atoms with Gasteiger partial charge in [0.15, 0.2) is 0 Å². The summed E-state index contributed by atoms with van der Waals surface area (Å²) in [5.41, 5.74) is 1.66. The van der Waals surface area contributed by atoms with Gasteiger partial charge in [-0.05, 0) is 43.2 Å². The molecule has 0 saturated heterocycles. The zero-order chi connectivity index (χ0) is 11.8. The van der Waals surface area contributed by atoms with Crippen molar-refractivity contribution in [3.05, 3.63) is 23.3 Å². The maximum atomic E-state index is 10.2. The van der Waals surface area contributed by atoms with Gasteiger partial charge in [0.05, 0.1) is 12.7 Å². The van der Waals surface area contributed by atoms with Crippen molar-refractivity contribution in [2.24, 2.45) is 0 Å². The minimum atomic E-state index is -0.585. The van der Waals surface area contributed by atoms with E-state index < -0.39 is 5.60 Å². The molecule has 1 N–H and O–H groups in total. The van der Waals surface area contributed by atoms with Crippen molar-refractivity contribution in [3.8, 4) is 5.75 Å². The second-order valence-corrected chi connectivity index (χ2v) is 5.10. The van der Waals surface area contributed by atoms with Crippen molar-refractivity contribution in [1.29, 1.82) is 0 Å². The fourth-order valence-corrected chi connectivity index (χ4v) is 2.72. The van der Waals surface area contributed by atoms with Crippen LogP contribution in [0.1, 0.15) is 30.9 Å². The molecular formula is C13H18O2S. The Morgan fingerprint density at radius 3 is 2.56 bits per heavy atom. The lowest BCUT2D eigenvalue weighted by Gasteiger charge is -2.17. The van der Waals surface area contributed by atoms with Crippen LogP contribution in [0.25, 0.3) is 0 Å². The Morgan fingerprint density at radius 2 is 2.12 bits per heavy atom. The zero-order valence-electron chi connectivity index (χ0n) is 10.0. The molecule has 0 bridgehead atoms. The molecule has 1 aliphatic carbocycles. The van der Waals surface area contributed by atoms with Crippen LogP contribution in [0.4, 0.5) is 0 Å². The van der Waals surface area contributed by atoms with Gasteiger partial charge in [0.2, 0.25) is 0 Å². The van der Waals surface area contributed by atoms with Crippen molar-refractivity contribution in [2.45, 2.75) is 36.7 Å². The van der Waals surface area contributed by atoms with E-state index in [0.717, 1.165) is 30.6 Å². The molecule has 1 aromatic rings. The van der Waals surface area contributed by atoms with Crippen molar-refractivity contribution < 1.29 is 9.84 Å². The zero-order valence-corrected chi connectivity index (χ0v) is 10.9. The van der Waals surface area contributed by atoms with Gasteiger partial charge in [0.25, 0.3) is 0 Å². The maximum absolute atomic E-state index is 10.2. The molecule has 0 heterocycles. The van der Waals surface area contributed by atoms with E-state index in [2.05, 4.69) is 19.2 Å². The molecule has 0 radical (unpaired) electrons. The van der Waals surface area contributed by atoms with Crippen LogP contribution in [0, 0.1) is 0 Å². The van der Waals surface area contributed by atoms with Gasteiger partial charge < -0.3 is 9.84 Å². The van der Waals surface area contributed by atoms with E-state index in [1.54, 1.807) is 18.9 Å². The maximum Gasteiger partial charge on any atom is 0.122 e. The lowest BCUT2D eigenvalue weighted by molar-refractivity contribution is 0.148.